The van der Waals surface area contributed by atoms with Crippen LogP contribution in [0.3, 0.4) is 0 Å². The highest BCUT2D eigenvalue weighted by atomic mass is 35.5. The van der Waals surface area contributed by atoms with Gasteiger partial charge < -0.3 is 11.1 Å². The second-order valence-corrected chi connectivity index (χ2v) is 4.01. The van der Waals surface area contributed by atoms with E-state index >= 15 is 0 Å². The SMILES string of the molecule is CCC(CC)(CN)NC(=O)c1ccccc1.Cl. The lowest BCUT2D eigenvalue weighted by Crippen LogP contribution is -2.52. The van der Waals surface area contributed by atoms with E-state index in [1.165, 1.54) is 0 Å². The number of rotatable bonds is 5. The predicted molar refractivity (Wildman–Crippen MR) is 73.5 cm³/mol. The Morgan fingerprint density at radius 1 is 1.24 bits per heavy atom. The Morgan fingerprint density at radius 3 is 2.18 bits per heavy atom. The van der Waals surface area contributed by atoms with E-state index in [4.69, 9.17) is 5.73 Å². The van der Waals surface area contributed by atoms with Crippen LogP contribution in [-0.4, -0.2) is 18.0 Å². The van der Waals surface area contributed by atoms with Gasteiger partial charge in [-0.15, -0.1) is 12.4 Å². The molecular formula is C13H21ClN2O. The fraction of sp³-hybridized carbons (Fsp3) is 0.462. The average molecular weight is 257 g/mol. The molecule has 1 amide bonds. The minimum atomic E-state index is -0.271. The van der Waals surface area contributed by atoms with E-state index in [1.807, 2.05) is 44.2 Å². The summed E-state index contributed by atoms with van der Waals surface area (Å²) >= 11 is 0. The van der Waals surface area contributed by atoms with Gasteiger partial charge in [-0.3, -0.25) is 4.79 Å². The first-order valence-corrected chi connectivity index (χ1v) is 5.75. The second-order valence-electron chi connectivity index (χ2n) is 4.01. The standard InChI is InChI=1S/C13H20N2O.ClH/c1-3-13(4-2,10-14)15-12(16)11-8-6-5-7-9-11;/h5-9H,3-4,10,14H2,1-2H3,(H,15,16);1H. The number of amides is 1. The Bertz CT molecular complexity index is 328. The van der Waals surface area contributed by atoms with Gasteiger partial charge >= 0.3 is 0 Å². The van der Waals surface area contributed by atoms with Crippen molar-refractivity contribution in [3.63, 3.8) is 0 Å². The molecule has 0 aliphatic carbocycles. The van der Waals surface area contributed by atoms with Gasteiger partial charge in [0.2, 0.25) is 0 Å². The molecule has 1 aromatic carbocycles. The Hall–Kier alpha value is -1.06. The van der Waals surface area contributed by atoms with Gasteiger partial charge in [-0.1, -0.05) is 32.0 Å². The zero-order valence-electron chi connectivity index (χ0n) is 10.4. The number of nitrogens with one attached hydrogen (secondary N) is 1. The minimum Gasteiger partial charge on any atom is -0.345 e. The van der Waals surface area contributed by atoms with Crippen LogP contribution in [0.2, 0.25) is 0 Å². The molecule has 0 bridgehead atoms. The second kappa shape index (κ2) is 7.30. The van der Waals surface area contributed by atoms with Crippen LogP contribution in [0.4, 0.5) is 0 Å². The van der Waals surface area contributed by atoms with Gasteiger partial charge in [0, 0.05) is 12.1 Å². The van der Waals surface area contributed by atoms with Gasteiger partial charge in [-0.2, -0.15) is 0 Å². The van der Waals surface area contributed by atoms with Crippen LogP contribution in [0.5, 0.6) is 0 Å². The third-order valence-corrected chi connectivity index (χ3v) is 3.16. The third-order valence-electron chi connectivity index (χ3n) is 3.16. The van der Waals surface area contributed by atoms with Gasteiger partial charge in [-0.25, -0.2) is 0 Å². The first-order chi connectivity index (χ1) is 7.67. The van der Waals surface area contributed by atoms with Crippen LogP contribution in [0, 0.1) is 0 Å². The summed E-state index contributed by atoms with van der Waals surface area (Å²) in [6, 6.07) is 9.23. The lowest BCUT2D eigenvalue weighted by atomic mass is 9.92. The number of carbonyl (C=O) groups excluding carboxylic acids is 1. The first-order valence-electron chi connectivity index (χ1n) is 5.75. The highest BCUT2D eigenvalue weighted by molar-refractivity contribution is 5.94. The maximum Gasteiger partial charge on any atom is 0.251 e. The lowest BCUT2D eigenvalue weighted by molar-refractivity contribution is 0.0895. The molecule has 17 heavy (non-hydrogen) atoms. The molecule has 0 saturated heterocycles. The maximum absolute atomic E-state index is 12.0. The van der Waals surface area contributed by atoms with E-state index in [9.17, 15) is 4.79 Å². The summed E-state index contributed by atoms with van der Waals surface area (Å²) in [6.07, 6.45) is 1.69. The molecule has 96 valence electrons. The van der Waals surface area contributed by atoms with Gasteiger partial charge in [0.15, 0.2) is 0 Å². The summed E-state index contributed by atoms with van der Waals surface area (Å²) in [5.41, 5.74) is 6.15. The third kappa shape index (κ3) is 4.02. The van der Waals surface area contributed by atoms with Crippen molar-refractivity contribution in [3.05, 3.63) is 35.9 Å². The number of benzene rings is 1. The largest absolute Gasteiger partial charge is 0.345 e. The quantitative estimate of drug-likeness (QED) is 0.850. The summed E-state index contributed by atoms with van der Waals surface area (Å²) in [5.74, 6) is -0.0465. The molecule has 0 heterocycles. The molecule has 1 aromatic rings. The number of halogens is 1. The molecule has 0 saturated carbocycles. The van der Waals surface area contributed by atoms with E-state index in [0.29, 0.717) is 12.1 Å². The van der Waals surface area contributed by atoms with Crippen molar-refractivity contribution in [3.8, 4) is 0 Å². The average Bonchev–Trinajstić information content (AvgIpc) is 2.37. The first kappa shape index (κ1) is 15.9. The van der Waals surface area contributed by atoms with Gasteiger partial charge in [0.1, 0.15) is 0 Å². The highest BCUT2D eigenvalue weighted by Crippen LogP contribution is 2.14. The fourth-order valence-electron chi connectivity index (χ4n) is 1.67. The molecule has 0 unspecified atom stereocenters. The highest BCUT2D eigenvalue weighted by Gasteiger charge is 2.26. The van der Waals surface area contributed by atoms with E-state index in [0.717, 1.165) is 12.8 Å². The molecule has 3 nitrogen and oxygen atoms in total. The number of hydrogen-bond donors (Lipinski definition) is 2. The predicted octanol–water partition coefficient (Wildman–Crippen LogP) is 2.36. The van der Waals surface area contributed by atoms with Crippen molar-refractivity contribution in [2.24, 2.45) is 5.73 Å². The Labute approximate surface area is 109 Å². The van der Waals surface area contributed by atoms with E-state index in [1.54, 1.807) is 0 Å². The normalized spacial score (nSPS) is 10.5. The van der Waals surface area contributed by atoms with Crippen LogP contribution in [0.15, 0.2) is 30.3 Å². The summed E-state index contributed by atoms with van der Waals surface area (Å²) in [5, 5.41) is 3.03. The topological polar surface area (TPSA) is 55.1 Å². The zero-order chi connectivity index (χ0) is 12.0. The van der Waals surface area contributed by atoms with Crippen molar-refractivity contribution in [1.82, 2.24) is 5.32 Å². The molecule has 0 fully saturated rings. The minimum absolute atomic E-state index is 0. The van der Waals surface area contributed by atoms with Crippen LogP contribution >= 0.6 is 12.4 Å². The molecular weight excluding hydrogens is 236 g/mol. The molecule has 0 aliphatic heterocycles. The Kier molecular flexibility index (Phi) is 6.85. The van der Waals surface area contributed by atoms with Crippen LogP contribution in [0.1, 0.15) is 37.0 Å². The van der Waals surface area contributed by atoms with Crippen LogP contribution < -0.4 is 11.1 Å². The molecule has 0 aliphatic rings. The van der Waals surface area contributed by atoms with Crippen molar-refractivity contribution in [1.29, 1.82) is 0 Å². The van der Waals surface area contributed by atoms with Gasteiger partial charge in [0.25, 0.3) is 5.91 Å². The summed E-state index contributed by atoms with van der Waals surface area (Å²) in [6.45, 7) is 4.56. The number of carbonyl (C=O) groups is 1. The monoisotopic (exact) mass is 256 g/mol. The van der Waals surface area contributed by atoms with Gasteiger partial charge in [0.05, 0.1) is 5.54 Å². The van der Waals surface area contributed by atoms with E-state index < -0.39 is 0 Å². The summed E-state index contributed by atoms with van der Waals surface area (Å²) in [4.78, 5) is 12.0. The molecule has 0 spiro atoms. The molecule has 4 heteroatoms. The van der Waals surface area contributed by atoms with E-state index in [2.05, 4.69) is 5.32 Å². The van der Waals surface area contributed by atoms with E-state index in [-0.39, 0.29) is 23.9 Å². The maximum atomic E-state index is 12.0. The Balaban J connectivity index is 0.00000256. The lowest BCUT2D eigenvalue weighted by Gasteiger charge is -2.31. The Morgan fingerprint density at radius 2 is 1.76 bits per heavy atom. The summed E-state index contributed by atoms with van der Waals surface area (Å²) in [7, 11) is 0. The fourth-order valence-corrected chi connectivity index (χ4v) is 1.67. The molecule has 0 atom stereocenters. The molecule has 1 rings (SSSR count). The van der Waals surface area contributed by atoms with Crippen LogP contribution in [-0.2, 0) is 0 Å². The molecule has 3 N–H and O–H groups in total. The van der Waals surface area contributed by atoms with Crippen molar-refractivity contribution in [2.45, 2.75) is 32.2 Å². The zero-order valence-corrected chi connectivity index (χ0v) is 11.2. The molecule has 0 aromatic heterocycles. The smallest absolute Gasteiger partial charge is 0.251 e. The van der Waals surface area contributed by atoms with Gasteiger partial charge in [-0.05, 0) is 25.0 Å². The van der Waals surface area contributed by atoms with Crippen molar-refractivity contribution >= 4 is 18.3 Å². The van der Waals surface area contributed by atoms with Crippen molar-refractivity contribution < 1.29 is 4.79 Å². The summed E-state index contributed by atoms with van der Waals surface area (Å²) < 4.78 is 0. The van der Waals surface area contributed by atoms with Crippen molar-refractivity contribution in [2.75, 3.05) is 6.54 Å². The van der Waals surface area contributed by atoms with Crippen LogP contribution in [0.25, 0.3) is 0 Å². The molecule has 0 radical (unpaired) electrons. The number of hydrogen-bond acceptors (Lipinski definition) is 2. The number of nitrogens with two attached hydrogens (primary N) is 1.